The molecule has 1 aliphatic rings. The van der Waals surface area contributed by atoms with Crippen LogP contribution in [0.2, 0.25) is 5.02 Å². The predicted molar refractivity (Wildman–Crippen MR) is 138 cm³/mol. The number of halogens is 2. The first kappa shape index (κ1) is 24.8. The van der Waals surface area contributed by atoms with Crippen molar-refractivity contribution in [2.24, 2.45) is 0 Å². The van der Waals surface area contributed by atoms with Crippen molar-refractivity contribution in [3.63, 3.8) is 0 Å². The lowest BCUT2D eigenvalue weighted by Gasteiger charge is -2.39. The molecule has 0 amide bonds. The Bertz CT molecular complexity index is 994. The predicted octanol–water partition coefficient (Wildman–Crippen LogP) is 8.39. The lowest BCUT2D eigenvalue weighted by molar-refractivity contribution is 0.147. The summed E-state index contributed by atoms with van der Waals surface area (Å²) in [6.45, 7) is 12.7. The second kappa shape index (κ2) is 11.3. The molecular formula is C28H34Cl2N2. The van der Waals surface area contributed by atoms with E-state index in [1.807, 2.05) is 37.4 Å². The van der Waals surface area contributed by atoms with E-state index in [0.29, 0.717) is 23.0 Å². The van der Waals surface area contributed by atoms with Gasteiger partial charge in [0, 0.05) is 39.9 Å². The van der Waals surface area contributed by atoms with Gasteiger partial charge in [-0.25, -0.2) is 0 Å². The first-order chi connectivity index (χ1) is 15.4. The number of pyridine rings is 1. The van der Waals surface area contributed by atoms with Crippen LogP contribution in [-0.4, -0.2) is 22.0 Å². The average Bonchev–Trinajstić information content (AvgIpc) is 3.14. The number of rotatable bonds is 8. The fourth-order valence-electron chi connectivity index (χ4n) is 5.11. The van der Waals surface area contributed by atoms with Crippen molar-refractivity contribution in [2.75, 3.05) is 0 Å². The maximum absolute atomic E-state index is 6.76. The molecule has 170 valence electrons. The van der Waals surface area contributed by atoms with E-state index < -0.39 is 0 Å². The van der Waals surface area contributed by atoms with Gasteiger partial charge in [-0.05, 0) is 68.9 Å². The highest BCUT2D eigenvalue weighted by atomic mass is 35.5. The average molecular weight is 470 g/mol. The molecule has 1 saturated heterocycles. The van der Waals surface area contributed by atoms with E-state index in [4.69, 9.17) is 28.2 Å². The van der Waals surface area contributed by atoms with Gasteiger partial charge in [-0.1, -0.05) is 79.2 Å². The van der Waals surface area contributed by atoms with Gasteiger partial charge < -0.3 is 0 Å². The van der Waals surface area contributed by atoms with Gasteiger partial charge in [0.1, 0.15) is 0 Å². The van der Waals surface area contributed by atoms with Crippen LogP contribution in [0.5, 0.6) is 0 Å². The molecule has 2 nitrogen and oxygen atoms in total. The molecule has 3 rings (SSSR count). The van der Waals surface area contributed by atoms with Crippen LogP contribution in [0, 0.1) is 6.92 Å². The highest BCUT2D eigenvalue weighted by Gasteiger charge is 2.39. The number of nitrogens with zero attached hydrogens (tertiary/aromatic N) is 2. The van der Waals surface area contributed by atoms with Gasteiger partial charge in [-0.2, -0.15) is 0 Å². The molecule has 0 aliphatic carbocycles. The van der Waals surface area contributed by atoms with E-state index >= 15 is 0 Å². The minimum absolute atomic E-state index is 0.0371. The summed E-state index contributed by atoms with van der Waals surface area (Å²) in [5.74, 6) is 0.366. The van der Waals surface area contributed by atoms with E-state index in [9.17, 15) is 0 Å². The fourth-order valence-corrected chi connectivity index (χ4v) is 5.52. The molecule has 0 bridgehead atoms. The summed E-state index contributed by atoms with van der Waals surface area (Å²) in [7, 11) is 0. The summed E-state index contributed by atoms with van der Waals surface area (Å²) < 4.78 is 0. The number of hydrogen-bond acceptors (Lipinski definition) is 2. The van der Waals surface area contributed by atoms with E-state index in [1.165, 1.54) is 11.3 Å². The van der Waals surface area contributed by atoms with Gasteiger partial charge in [0.05, 0.1) is 6.04 Å². The van der Waals surface area contributed by atoms with E-state index in [0.717, 1.165) is 35.4 Å². The van der Waals surface area contributed by atoms with E-state index in [1.54, 1.807) is 6.08 Å². The summed E-state index contributed by atoms with van der Waals surface area (Å²) in [5.41, 5.74) is 4.57. The van der Waals surface area contributed by atoms with Gasteiger partial charge in [-0.3, -0.25) is 9.88 Å². The number of aryl methyl sites for hydroxylation is 1. The highest BCUT2D eigenvalue weighted by molar-refractivity contribution is 6.32. The Morgan fingerprint density at radius 3 is 2.66 bits per heavy atom. The van der Waals surface area contributed by atoms with Crippen molar-refractivity contribution in [3.05, 3.63) is 99.9 Å². The molecule has 0 N–H and O–H groups in total. The summed E-state index contributed by atoms with van der Waals surface area (Å²) in [4.78, 5) is 7.32. The van der Waals surface area contributed by atoms with Crippen LogP contribution < -0.4 is 0 Å². The van der Waals surface area contributed by atoms with Crippen LogP contribution in [0.25, 0.3) is 0 Å². The molecule has 4 heteroatoms. The summed E-state index contributed by atoms with van der Waals surface area (Å²) >= 11 is 13.5. The SMILES string of the molecule is C=C/C(Cl)=C(\C=C/C)C(c1ccccc1Cl)N1C(C)CCC1CC(C)c1ncccc1C. The molecule has 1 aliphatic heterocycles. The zero-order chi connectivity index (χ0) is 23.3. The highest BCUT2D eigenvalue weighted by Crippen LogP contribution is 2.44. The molecule has 4 atom stereocenters. The molecule has 0 radical (unpaired) electrons. The second-order valence-corrected chi connectivity index (χ2v) is 9.62. The minimum Gasteiger partial charge on any atom is -0.287 e. The molecule has 2 aromatic rings. The van der Waals surface area contributed by atoms with Gasteiger partial charge in [0.25, 0.3) is 0 Å². The molecule has 0 spiro atoms. The lowest BCUT2D eigenvalue weighted by atomic mass is 9.90. The molecule has 32 heavy (non-hydrogen) atoms. The van der Waals surface area contributed by atoms with Crippen molar-refractivity contribution in [1.29, 1.82) is 0 Å². The number of aromatic nitrogens is 1. The first-order valence-corrected chi connectivity index (χ1v) is 12.2. The number of benzene rings is 1. The Labute approximate surface area is 203 Å². The summed E-state index contributed by atoms with van der Waals surface area (Å²) in [6.07, 6.45) is 11.1. The van der Waals surface area contributed by atoms with Crippen LogP contribution in [-0.2, 0) is 0 Å². The molecule has 0 saturated carbocycles. The Morgan fingerprint density at radius 1 is 1.25 bits per heavy atom. The van der Waals surface area contributed by atoms with Gasteiger partial charge in [0.15, 0.2) is 0 Å². The molecule has 1 aromatic carbocycles. The third-order valence-corrected chi connectivity index (χ3v) is 7.30. The molecular weight excluding hydrogens is 435 g/mol. The number of likely N-dealkylation sites (tertiary alicyclic amines) is 1. The van der Waals surface area contributed by atoms with Crippen LogP contribution in [0.15, 0.2) is 78.0 Å². The topological polar surface area (TPSA) is 16.1 Å². The Morgan fingerprint density at radius 2 is 2.00 bits per heavy atom. The zero-order valence-electron chi connectivity index (χ0n) is 19.6. The van der Waals surface area contributed by atoms with Crippen molar-refractivity contribution >= 4 is 23.2 Å². The first-order valence-electron chi connectivity index (χ1n) is 11.5. The number of allylic oxidation sites excluding steroid dienone is 3. The standard InChI is InChI=1S/C28H34Cl2N2/c1-6-11-23(25(29)7-2)28(24-13-8-9-14-26(24)30)32-21(5)15-16-22(32)18-20(4)27-19(3)12-10-17-31-27/h6-14,17,20-22,28H,2,15-16,18H2,1,3-5H3/b11-6-,25-23-. The largest absolute Gasteiger partial charge is 0.287 e. The zero-order valence-corrected chi connectivity index (χ0v) is 21.1. The second-order valence-electron chi connectivity index (χ2n) is 8.80. The third kappa shape index (κ3) is 5.36. The van der Waals surface area contributed by atoms with Gasteiger partial charge >= 0.3 is 0 Å². The van der Waals surface area contributed by atoms with Crippen molar-refractivity contribution in [1.82, 2.24) is 9.88 Å². The van der Waals surface area contributed by atoms with Crippen molar-refractivity contribution in [3.8, 4) is 0 Å². The monoisotopic (exact) mass is 468 g/mol. The number of hydrogen-bond donors (Lipinski definition) is 0. The normalized spacial score (nSPS) is 22.1. The fraction of sp³-hybridized carbons (Fsp3) is 0.393. The lowest BCUT2D eigenvalue weighted by Crippen LogP contribution is -2.39. The molecule has 2 heterocycles. The van der Waals surface area contributed by atoms with Gasteiger partial charge in [-0.15, -0.1) is 0 Å². The molecule has 1 aromatic heterocycles. The third-order valence-electron chi connectivity index (χ3n) is 6.58. The maximum Gasteiger partial charge on any atom is 0.0635 e. The smallest absolute Gasteiger partial charge is 0.0635 e. The Hall–Kier alpha value is -1.87. The van der Waals surface area contributed by atoms with Crippen molar-refractivity contribution < 1.29 is 0 Å². The van der Waals surface area contributed by atoms with Crippen molar-refractivity contribution in [2.45, 2.75) is 71.0 Å². The van der Waals surface area contributed by atoms with Crippen LogP contribution >= 0.6 is 23.2 Å². The van der Waals surface area contributed by atoms with E-state index in [-0.39, 0.29) is 6.04 Å². The van der Waals surface area contributed by atoms with Crippen LogP contribution in [0.1, 0.15) is 68.8 Å². The molecule has 4 unspecified atom stereocenters. The summed E-state index contributed by atoms with van der Waals surface area (Å²) in [5, 5.41) is 1.43. The molecule has 1 fully saturated rings. The van der Waals surface area contributed by atoms with Crippen LogP contribution in [0.4, 0.5) is 0 Å². The Balaban J connectivity index is 2.06. The van der Waals surface area contributed by atoms with Crippen LogP contribution in [0.3, 0.4) is 0 Å². The maximum atomic E-state index is 6.76. The summed E-state index contributed by atoms with van der Waals surface area (Å²) in [6, 6.07) is 13.1. The van der Waals surface area contributed by atoms with E-state index in [2.05, 4.69) is 56.5 Å². The minimum atomic E-state index is -0.0371. The quantitative estimate of drug-likeness (QED) is 0.361. The Kier molecular flexibility index (Phi) is 8.76. The van der Waals surface area contributed by atoms with Gasteiger partial charge in [0.2, 0.25) is 0 Å².